The van der Waals surface area contributed by atoms with E-state index in [-0.39, 0.29) is 18.3 Å². The van der Waals surface area contributed by atoms with Gasteiger partial charge in [0.15, 0.2) is 16.3 Å². The highest BCUT2D eigenvalue weighted by atomic mass is 32.1. The highest BCUT2D eigenvalue weighted by molar-refractivity contribution is 7.07. The Morgan fingerprint density at radius 3 is 2.36 bits per heavy atom. The molecule has 1 aliphatic rings. The number of aromatic nitrogens is 2. The zero-order valence-electron chi connectivity index (χ0n) is 26.8. The fraction of sp³-hybridized carbons (Fsp3) is 0.343. The molecule has 8 nitrogen and oxygen atoms in total. The molecule has 0 aliphatic carbocycles. The van der Waals surface area contributed by atoms with E-state index < -0.39 is 12.0 Å². The number of nitrogens with zero attached hydrogens (tertiary/aromatic N) is 3. The lowest BCUT2D eigenvalue weighted by Gasteiger charge is -2.25. The number of allylic oxidation sites excluding steroid dienone is 1. The number of ether oxygens (including phenoxy) is 3. The lowest BCUT2D eigenvalue weighted by Crippen LogP contribution is -2.40. The van der Waals surface area contributed by atoms with Crippen molar-refractivity contribution < 1.29 is 19.0 Å². The van der Waals surface area contributed by atoms with E-state index in [1.165, 1.54) is 22.5 Å². The Morgan fingerprint density at radius 2 is 1.73 bits per heavy atom. The summed E-state index contributed by atoms with van der Waals surface area (Å²) in [6, 6.07) is 13.3. The number of thiazole rings is 1. The van der Waals surface area contributed by atoms with Crippen molar-refractivity contribution in [2.24, 2.45) is 4.99 Å². The normalized spacial score (nSPS) is 15.0. The molecule has 0 radical (unpaired) electrons. The minimum Gasteiger partial charge on any atom is -0.493 e. The average Bonchev–Trinajstić information content (AvgIpc) is 3.40. The highest BCUT2D eigenvalue weighted by Gasteiger charge is 2.34. The summed E-state index contributed by atoms with van der Waals surface area (Å²) in [6.45, 7) is 15.9. The lowest BCUT2D eigenvalue weighted by atomic mass is 9.95. The van der Waals surface area contributed by atoms with Crippen molar-refractivity contribution in [1.82, 2.24) is 9.13 Å². The summed E-state index contributed by atoms with van der Waals surface area (Å²) in [4.78, 5) is 32.8. The van der Waals surface area contributed by atoms with Crippen molar-refractivity contribution in [3.63, 3.8) is 0 Å². The molecule has 0 saturated carbocycles. The average molecular weight is 614 g/mol. The number of aryl methyl sites for hydroxylation is 3. The van der Waals surface area contributed by atoms with E-state index in [2.05, 4.69) is 56.5 Å². The van der Waals surface area contributed by atoms with Gasteiger partial charge >= 0.3 is 5.97 Å². The van der Waals surface area contributed by atoms with Crippen LogP contribution in [0.5, 0.6) is 11.5 Å². The summed E-state index contributed by atoms with van der Waals surface area (Å²) in [5.74, 6) is 0.581. The van der Waals surface area contributed by atoms with Crippen LogP contribution in [0.1, 0.15) is 67.4 Å². The molecule has 5 rings (SSSR count). The number of hydrogen-bond donors (Lipinski definition) is 0. The van der Waals surface area contributed by atoms with Gasteiger partial charge in [0.25, 0.3) is 5.56 Å². The quantitative estimate of drug-likeness (QED) is 0.241. The summed E-state index contributed by atoms with van der Waals surface area (Å²) >= 11 is 1.31. The first-order chi connectivity index (χ1) is 20.9. The Bertz CT molecular complexity index is 1960. The summed E-state index contributed by atoms with van der Waals surface area (Å²) in [6.07, 6.45) is 1.87. The molecule has 2 aromatic heterocycles. The minimum absolute atomic E-state index is 0.0541. The van der Waals surface area contributed by atoms with Crippen LogP contribution in [0.15, 0.2) is 63.5 Å². The van der Waals surface area contributed by atoms with Crippen molar-refractivity contribution in [1.29, 1.82) is 0 Å². The Balaban J connectivity index is 1.69. The van der Waals surface area contributed by atoms with Crippen molar-refractivity contribution in [3.8, 4) is 17.2 Å². The van der Waals surface area contributed by atoms with Crippen LogP contribution < -0.4 is 24.4 Å². The molecular weight excluding hydrogens is 574 g/mol. The standard InChI is InChI=1S/C35H39N3O5S/c1-10-42-34(40)31-23(7)36-35-38(32(31)25-11-12-28(43-19(2)3)29(17-25)41-9)33(39)30(44-35)18-26-16-22(6)37(24(26)8)27-14-20(4)13-21(5)15-27/h11-19,32H,10H2,1-9H3/b30-18-/t32-/m1/s1. The SMILES string of the molecule is CCOC(=O)C1=C(C)N=c2s/c(=C\c3cc(C)n(-c4cc(C)cc(C)c4)c3C)c(=O)n2[C@@H]1c1ccc(OC(C)C)c(OC)c1. The van der Waals surface area contributed by atoms with Crippen LogP contribution in [0.4, 0.5) is 0 Å². The number of hydrogen-bond acceptors (Lipinski definition) is 7. The molecule has 4 aromatic rings. The van der Waals surface area contributed by atoms with Gasteiger partial charge in [0.2, 0.25) is 0 Å². The van der Waals surface area contributed by atoms with E-state index in [4.69, 9.17) is 19.2 Å². The fourth-order valence-electron chi connectivity index (χ4n) is 5.86. The molecule has 2 aromatic carbocycles. The lowest BCUT2D eigenvalue weighted by molar-refractivity contribution is -0.139. The minimum atomic E-state index is -0.753. The third kappa shape index (κ3) is 5.76. The zero-order valence-corrected chi connectivity index (χ0v) is 27.6. The van der Waals surface area contributed by atoms with Crippen LogP contribution in [-0.4, -0.2) is 34.9 Å². The molecule has 0 spiro atoms. The summed E-state index contributed by atoms with van der Waals surface area (Å²) in [7, 11) is 1.57. The van der Waals surface area contributed by atoms with Crippen molar-refractivity contribution in [3.05, 3.63) is 107 Å². The van der Waals surface area contributed by atoms with Gasteiger partial charge in [-0.2, -0.15) is 0 Å². The van der Waals surface area contributed by atoms with E-state index in [1.54, 1.807) is 25.5 Å². The predicted octanol–water partition coefficient (Wildman–Crippen LogP) is 5.62. The van der Waals surface area contributed by atoms with Crippen LogP contribution >= 0.6 is 11.3 Å². The maximum absolute atomic E-state index is 14.2. The van der Waals surface area contributed by atoms with Gasteiger partial charge in [-0.15, -0.1) is 0 Å². The topological polar surface area (TPSA) is 84.1 Å². The smallest absolute Gasteiger partial charge is 0.338 e. The molecule has 44 heavy (non-hydrogen) atoms. The first-order valence-electron chi connectivity index (χ1n) is 14.7. The van der Waals surface area contributed by atoms with Crippen molar-refractivity contribution >= 4 is 23.4 Å². The molecule has 0 fully saturated rings. The summed E-state index contributed by atoms with van der Waals surface area (Å²) < 4.78 is 21.4. The van der Waals surface area contributed by atoms with Crippen LogP contribution in [0.2, 0.25) is 0 Å². The largest absolute Gasteiger partial charge is 0.493 e. The number of fused-ring (bicyclic) bond motifs is 1. The monoisotopic (exact) mass is 613 g/mol. The van der Waals surface area contributed by atoms with Gasteiger partial charge in [0, 0.05) is 17.1 Å². The zero-order chi connectivity index (χ0) is 31.9. The molecule has 230 valence electrons. The summed E-state index contributed by atoms with van der Waals surface area (Å²) in [5.41, 5.74) is 7.81. The van der Waals surface area contributed by atoms with E-state index in [9.17, 15) is 9.59 Å². The first kappa shape index (κ1) is 31.1. The van der Waals surface area contributed by atoms with Crippen LogP contribution in [0.25, 0.3) is 11.8 Å². The summed E-state index contributed by atoms with van der Waals surface area (Å²) in [5, 5.41) is 0. The van der Waals surface area contributed by atoms with Gasteiger partial charge in [0.05, 0.1) is 41.7 Å². The Hall–Kier alpha value is -4.37. The van der Waals surface area contributed by atoms with Crippen LogP contribution in [0, 0.1) is 27.7 Å². The molecule has 0 unspecified atom stereocenters. The van der Waals surface area contributed by atoms with Gasteiger partial charge in [-0.05, 0) is 114 Å². The van der Waals surface area contributed by atoms with Gasteiger partial charge in [-0.1, -0.05) is 23.5 Å². The van der Waals surface area contributed by atoms with E-state index in [0.717, 1.165) is 22.6 Å². The molecule has 0 amide bonds. The number of esters is 1. The molecule has 0 bridgehead atoms. The molecule has 9 heteroatoms. The third-order valence-electron chi connectivity index (χ3n) is 7.60. The Kier molecular flexibility index (Phi) is 8.70. The number of carbonyl (C=O) groups is 1. The Labute approximate surface area is 261 Å². The van der Waals surface area contributed by atoms with Crippen LogP contribution in [0.3, 0.4) is 0 Å². The number of carbonyl (C=O) groups excluding carboxylic acids is 1. The second-order valence-corrected chi connectivity index (χ2v) is 12.4. The highest BCUT2D eigenvalue weighted by Crippen LogP contribution is 2.36. The van der Waals surface area contributed by atoms with Gasteiger partial charge in [-0.25, -0.2) is 9.79 Å². The fourth-order valence-corrected chi connectivity index (χ4v) is 6.90. The maximum atomic E-state index is 14.2. The molecule has 1 atom stereocenters. The number of methoxy groups -OCH3 is 1. The Morgan fingerprint density at radius 1 is 1.02 bits per heavy atom. The van der Waals surface area contributed by atoms with Crippen molar-refractivity contribution in [2.75, 3.05) is 13.7 Å². The molecule has 3 heterocycles. The molecule has 1 aliphatic heterocycles. The first-order valence-corrected chi connectivity index (χ1v) is 15.6. The third-order valence-corrected chi connectivity index (χ3v) is 8.59. The second kappa shape index (κ2) is 12.3. The number of benzene rings is 2. The molecular formula is C35H39N3O5S. The van der Waals surface area contributed by atoms with Crippen molar-refractivity contribution in [2.45, 2.75) is 67.5 Å². The van der Waals surface area contributed by atoms with Gasteiger partial charge < -0.3 is 18.8 Å². The molecule has 0 N–H and O–H groups in total. The number of rotatable bonds is 8. The van der Waals surface area contributed by atoms with E-state index in [1.807, 2.05) is 38.1 Å². The predicted molar refractivity (Wildman–Crippen MR) is 174 cm³/mol. The second-order valence-electron chi connectivity index (χ2n) is 11.4. The maximum Gasteiger partial charge on any atom is 0.338 e. The van der Waals surface area contributed by atoms with E-state index >= 15 is 0 Å². The van der Waals surface area contributed by atoms with E-state index in [0.29, 0.717) is 37.7 Å². The van der Waals surface area contributed by atoms with Gasteiger partial charge in [0.1, 0.15) is 0 Å². The van der Waals surface area contributed by atoms with Gasteiger partial charge in [-0.3, -0.25) is 9.36 Å². The van der Waals surface area contributed by atoms with Crippen LogP contribution in [-0.2, 0) is 9.53 Å². The molecule has 0 saturated heterocycles.